The van der Waals surface area contributed by atoms with Gasteiger partial charge in [0.25, 0.3) is 6.01 Å². The van der Waals surface area contributed by atoms with E-state index in [1.54, 1.807) is 12.1 Å². The molecule has 0 amide bonds. The van der Waals surface area contributed by atoms with Crippen LogP contribution in [0.5, 0.6) is 0 Å². The predicted molar refractivity (Wildman–Crippen MR) is 62.4 cm³/mol. The Balaban J connectivity index is 2.16. The Bertz CT molecular complexity index is 453. The van der Waals surface area contributed by atoms with Crippen LogP contribution in [0.1, 0.15) is 19.8 Å². The molecule has 0 radical (unpaired) electrons. The fraction of sp³-hybridized carbons (Fsp3) is 0.364. The summed E-state index contributed by atoms with van der Waals surface area (Å²) in [6.45, 7) is 3.03. The molecular weight excluding hydrogens is 212 g/mol. The molecule has 0 saturated carbocycles. The number of nitrogens with one attached hydrogen (secondary N) is 1. The van der Waals surface area contributed by atoms with E-state index in [2.05, 4.69) is 17.2 Å². The van der Waals surface area contributed by atoms with Gasteiger partial charge in [-0.05, 0) is 24.6 Å². The second kappa shape index (κ2) is 4.53. The summed E-state index contributed by atoms with van der Waals surface area (Å²) in [6, 6.07) is 5.99. The molecule has 0 bridgehead atoms. The zero-order valence-corrected chi connectivity index (χ0v) is 9.34. The van der Waals surface area contributed by atoms with Gasteiger partial charge in [-0.3, -0.25) is 0 Å². The molecule has 0 aliphatic carbocycles. The number of hydrogen-bond donors (Lipinski definition) is 1. The molecule has 15 heavy (non-hydrogen) atoms. The Morgan fingerprint density at radius 2 is 2.33 bits per heavy atom. The van der Waals surface area contributed by atoms with Crippen LogP contribution in [-0.2, 0) is 0 Å². The van der Waals surface area contributed by atoms with Crippen LogP contribution in [0.3, 0.4) is 0 Å². The highest BCUT2D eigenvalue weighted by Gasteiger charge is 2.04. The molecule has 0 saturated heterocycles. The maximum absolute atomic E-state index is 5.85. The second-order valence-corrected chi connectivity index (χ2v) is 3.85. The summed E-state index contributed by atoms with van der Waals surface area (Å²) in [7, 11) is 0. The summed E-state index contributed by atoms with van der Waals surface area (Å²) in [6.07, 6.45) is 2.26. The SMILES string of the molecule is CCCCNc1nc2cc(Cl)ccc2o1. The lowest BCUT2D eigenvalue weighted by atomic mass is 10.3. The molecular formula is C11H13ClN2O. The largest absolute Gasteiger partial charge is 0.424 e. The van der Waals surface area contributed by atoms with Gasteiger partial charge in [0.1, 0.15) is 5.52 Å². The van der Waals surface area contributed by atoms with Crippen LogP contribution in [0.2, 0.25) is 5.02 Å². The summed E-state index contributed by atoms with van der Waals surface area (Å²) in [5.41, 5.74) is 1.56. The highest BCUT2D eigenvalue weighted by molar-refractivity contribution is 6.31. The molecule has 80 valence electrons. The van der Waals surface area contributed by atoms with E-state index in [-0.39, 0.29) is 0 Å². The van der Waals surface area contributed by atoms with Crippen molar-refractivity contribution in [2.45, 2.75) is 19.8 Å². The van der Waals surface area contributed by atoms with Crippen molar-refractivity contribution in [3.8, 4) is 0 Å². The van der Waals surface area contributed by atoms with E-state index in [0.29, 0.717) is 11.0 Å². The van der Waals surface area contributed by atoms with E-state index in [0.717, 1.165) is 30.5 Å². The summed E-state index contributed by atoms with van der Waals surface area (Å²) in [4.78, 5) is 4.28. The molecule has 0 spiro atoms. The van der Waals surface area contributed by atoms with Gasteiger partial charge in [0, 0.05) is 11.6 Å². The molecule has 3 nitrogen and oxygen atoms in total. The molecule has 2 aromatic rings. The van der Waals surface area contributed by atoms with Crippen molar-refractivity contribution < 1.29 is 4.42 Å². The Morgan fingerprint density at radius 3 is 3.13 bits per heavy atom. The van der Waals surface area contributed by atoms with Gasteiger partial charge in [0.05, 0.1) is 0 Å². The Labute approximate surface area is 93.4 Å². The van der Waals surface area contributed by atoms with Crippen LogP contribution in [0.25, 0.3) is 11.1 Å². The van der Waals surface area contributed by atoms with Crippen LogP contribution >= 0.6 is 11.6 Å². The minimum atomic E-state index is 0.570. The number of unbranched alkanes of at least 4 members (excludes halogenated alkanes) is 1. The standard InChI is InChI=1S/C11H13ClN2O/c1-2-3-6-13-11-14-9-7-8(12)4-5-10(9)15-11/h4-5,7H,2-3,6H2,1H3,(H,13,14). The summed E-state index contributed by atoms with van der Waals surface area (Å²) >= 11 is 5.85. The number of hydrogen-bond acceptors (Lipinski definition) is 3. The van der Waals surface area contributed by atoms with Crippen LogP contribution in [0, 0.1) is 0 Å². The van der Waals surface area contributed by atoms with Crippen molar-refractivity contribution in [2.75, 3.05) is 11.9 Å². The normalized spacial score (nSPS) is 10.8. The summed E-state index contributed by atoms with van der Waals surface area (Å²) < 4.78 is 5.49. The lowest BCUT2D eigenvalue weighted by Gasteiger charge is -1.97. The molecule has 1 aromatic heterocycles. The lowest BCUT2D eigenvalue weighted by Crippen LogP contribution is -2.00. The van der Waals surface area contributed by atoms with Crippen molar-refractivity contribution >= 4 is 28.7 Å². The van der Waals surface area contributed by atoms with Crippen molar-refractivity contribution in [1.29, 1.82) is 0 Å². The minimum Gasteiger partial charge on any atom is -0.424 e. The molecule has 1 heterocycles. The number of halogens is 1. The minimum absolute atomic E-state index is 0.570. The van der Waals surface area contributed by atoms with Crippen LogP contribution in [0.4, 0.5) is 6.01 Å². The average Bonchev–Trinajstić information content (AvgIpc) is 2.60. The zero-order valence-electron chi connectivity index (χ0n) is 8.59. The fourth-order valence-corrected chi connectivity index (χ4v) is 1.51. The molecule has 1 aromatic carbocycles. The first kappa shape index (κ1) is 10.3. The zero-order chi connectivity index (χ0) is 10.7. The third kappa shape index (κ3) is 2.42. The number of oxazole rings is 1. The number of anilines is 1. The van der Waals surface area contributed by atoms with Crippen molar-refractivity contribution in [3.63, 3.8) is 0 Å². The molecule has 0 aliphatic heterocycles. The smallest absolute Gasteiger partial charge is 0.295 e. The van der Waals surface area contributed by atoms with Crippen LogP contribution < -0.4 is 5.32 Å². The average molecular weight is 225 g/mol. The maximum Gasteiger partial charge on any atom is 0.295 e. The van der Waals surface area contributed by atoms with Crippen molar-refractivity contribution in [1.82, 2.24) is 4.98 Å². The van der Waals surface area contributed by atoms with Gasteiger partial charge in [-0.15, -0.1) is 0 Å². The monoisotopic (exact) mass is 224 g/mol. The Hall–Kier alpha value is -1.22. The molecule has 4 heteroatoms. The number of benzene rings is 1. The molecule has 0 aliphatic rings. The molecule has 0 atom stereocenters. The number of nitrogens with zero attached hydrogens (tertiary/aromatic N) is 1. The quantitative estimate of drug-likeness (QED) is 0.805. The second-order valence-electron chi connectivity index (χ2n) is 3.41. The molecule has 0 unspecified atom stereocenters. The third-order valence-corrected chi connectivity index (χ3v) is 2.39. The topological polar surface area (TPSA) is 38.1 Å². The highest BCUT2D eigenvalue weighted by atomic mass is 35.5. The van der Waals surface area contributed by atoms with E-state index in [9.17, 15) is 0 Å². The van der Waals surface area contributed by atoms with Gasteiger partial charge in [-0.1, -0.05) is 24.9 Å². The Kier molecular flexibility index (Phi) is 3.11. The number of fused-ring (bicyclic) bond motifs is 1. The van der Waals surface area contributed by atoms with Crippen molar-refractivity contribution in [3.05, 3.63) is 23.2 Å². The van der Waals surface area contributed by atoms with Gasteiger partial charge in [0.15, 0.2) is 5.58 Å². The van der Waals surface area contributed by atoms with Gasteiger partial charge in [-0.2, -0.15) is 4.98 Å². The van der Waals surface area contributed by atoms with E-state index < -0.39 is 0 Å². The molecule has 2 rings (SSSR count). The maximum atomic E-state index is 5.85. The van der Waals surface area contributed by atoms with E-state index >= 15 is 0 Å². The van der Waals surface area contributed by atoms with Crippen molar-refractivity contribution in [2.24, 2.45) is 0 Å². The lowest BCUT2D eigenvalue weighted by molar-refractivity contribution is 0.611. The first-order chi connectivity index (χ1) is 7.29. The molecule has 1 N–H and O–H groups in total. The number of rotatable bonds is 4. The molecule has 0 fully saturated rings. The summed E-state index contributed by atoms with van der Waals surface area (Å²) in [5, 5.41) is 3.81. The predicted octanol–water partition coefficient (Wildman–Crippen LogP) is 3.69. The summed E-state index contributed by atoms with van der Waals surface area (Å²) in [5.74, 6) is 0. The third-order valence-electron chi connectivity index (χ3n) is 2.16. The van der Waals surface area contributed by atoms with Gasteiger partial charge in [0.2, 0.25) is 0 Å². The van der Waals surface area contributed by atoms with E-state index in [1.165, 1.54) is 0 Å². The van der Waals surface area contributed by atoms with Crippen LogP contribution in [-0.4, -0.2) is 11.5 Å². The first-order valence-electron chi connectivity index (χ1n) is 5.09. The van der Waals surface area contributed by atoms with Gasteiger partial charge < -0.3 is 9.73 Å². The van der Waals surface area contributed by atoms with E-state index in [4.69, 9.17) is 16.0 Å². The fourth-order valence-electron chi connectivity index (χ4n) is 1.35. The van der Waals surface area contributed by atoms with Crippen LogP contribution in [0.15, 0.2) is 22.6 Å². The van der Waals surface area contributed by atoms with E-state index in [1.807, 2.05) is 6.07 Å². The van der Waals surface area contributed by atoms with Gasteiger partial charge >= 0.3 is 0 Å². The Morgan fingerprint density at radius 1 is 1.47 bits per heavy atom. The number of aromatic nitrogens is 1. The van der Waals surface area contributed by atoms with Gasteiger partial charge in [-0.25, -0.2) is 0 Å². The first-order valence-corrected chi connectivity index (χ1v) is 5.47. The highest BCUT2D eigenvalue weighted by Crippen LogP contribution is 2.22.